The summed E-state index contributed by atoms with van der Waals surface area (Å²) in [5.74, 6) is 7.51. The highest BCUT2D eigenvalue weighted by Gasteiger charge is 1.92. The molecule has 0 spiro atoms. The molecular formula is C20H18O3. The van der Waals surface area contributed by atoms with Crippen molar-refractivity contribution in [2.45, 2.75) is 12.8 Å². The van der Waals surface area contributed by atoms with Crippen molar-refractivity contribution in [1.82, 2.24) is 0 Å². The molecule has 0 N–H and O–H groups in total. The Balaban J connectivity index is 1.74. The number of methoxy groups -OCH3 is 2. The maximum atomic E-state index is 5.10. The molecule has 116 valence electrons. The minimum Gasteiger partial charge on any atom is -0.497 e. The monoisotopic (exact) mass is 306 g/mol. The van der Waals surface area contributed by atoms with Gasteiger partial charge in [0.05, 0.1) is 14.2 Å². The first kappa shape index (κ1) is 16.3. The van der Waals surface area contributed by atoms with Gasteiger partial charge in [0.2, 0.25) is 0 Å². The van der Waals surface area contributed by atoms with Crippen LogP contribution in [0.15, 0.2) is 48.5 Å². The van der Waals surface area contributed by atoms with Crippen molar-refractivity contribution in [3.05, 3.63) is 59.7 Å². The van der Waals surface area contributed by atoms with Gasteiger partial charge in [-0.15, -0.1) is 0 Å². The first-order chi connectivity index (χ1) is 11.3. The smallest absolute Gasteiger partial charge is 0.130 e. The largest absolute Gasteiger partial charge is 0.497 e. The van der Waals surface area contributed by atoms with E-state index in [1.807, 2.05) is 48.5 Å². The Hall–Kier alpha value is -3.04. The lowest BCUT2D eigenvalue weighted by atomic mass is 10.1. The van der Waals surface area contributed by atoms with E-state index in [9.17, 15) is 0 Å². The molecule has 0 atom stereocenters. The van der Waals surface area contributed by atoms with Crippen molar-refractivity contribution in [3.63, 3.8) is 0 Å². The summed E-state index contributed by atoms with van der Waals surface area (Å²) < 4.78 is 15.2. The van der Waals surface area contributed by atoms with E-state index in [1.54, 1.807) is 14.2 Å². The van der Waals surface area contributed by atoms with Crippen LogP contribution in [0.4, 0.5) is 0 Å². The highest BCUT2D eigenvalue weighted by atomic mass is 16.5. The van der Waals surface area contributed by atoms with E-state index in [0.29, 0.717) is 12.8 Å². The van der Waals surface area contributed by atoms with Gasteiger partial charge >= 0.3 is 0 Å². The average molecular weight is 306 g/mol. The second-order valence-corrected chi connectivity index (χ2v) is 4.71. The van der Waals surface area contributed by atoms with Crippen molar-refractivity contribution in [2.24, 2.45) is 0 Å². The quantitative estimate of drug-likeness (QED) is 0.810. The highest BCUT2D eigenvalue weighted by Crippen LogP contribution is 2.12. The molecule has 2 rings (SSSR count). The molecule has 0 heterocycles. The van der Waals surface area contributed by atoms with Crippen LogP contribution in [-0.2, 0) is 17.6 Å². The van der Waals surface area contributed by atoms with E-state index in [0.717, 1.165) is 22.6 Å². The predicted molar refractivity (Wildman–Crippen MR) is 90.0 cm³/mol. The van der Waals surface area contributed by atoms with Crippen LogP contribution in [0, 0.1) is 24.1 Å². The minimum absolute atomic E-state index is 0.615. The molecule has 0 saturated carbocycles. The van der Waals surface area contributed by atoms with Crippen molar-refractivity contribution in [1.29, 1.82) is 0 Å². The van der Waals surface area contributed by atoms with Crippen LogP contribution < -0.4 is 9.47 Å². The van der Waals surface area contributed by atoms with Gasteiger partial charge in [-0.3, -0.25) is 0 Å². The lowest BCUT2D eigenvalue weighted by Gasteiger charge is -1.99. The van der Waals surface area contributed by atoms with Crippen LogP contribution in [0.5, 0.6) is 11.5 Å². The van der Waals surface area contributed by atoms with Crippen molar-refractivity contribution < 1.29 is 14.2 Å². The summed E-state index contributed by atoms with van der Waals surface area (Å²) in [7, 11) is 3.29. The Labute approximate surface area is 137 Å². The molecule has 0 bridgehead atoms. The number of hydrogen-bond acceptors (Lipinski definition) is 3. The molecule has 0 radical (unpaired) electrons. The van der Waals surface area contributed by atoms with Crippen LogP contribution in [-0.4, -0.2) is 14.2 Å². The summed E-state index contributed by atoms with van der Waals surface area (Å²) in [4.78, 5) is 0. The maximum absolute atomic E-state index is 5.10. The molecule has 0 aliphatic heterocycles. The first-order valence-electron chi connectivity index (χ1n) is 7.19. The Kier molecular flexibility index (Phi) is 6.44. The SMILES string of the molecule is COc1ccc(CC#COC#CCc2ccc(OC)cc2)cc1. The van der Waals surface area contributed by atoms with Gasteiger partial charge in [-0.05, 0) is 35.4 Å². The second-order valence-electron chi connectivity index (χ2n) is 4.71. The molecule has 0 unspecified atom stereocenters. The number of ether oxygens (including phenoxy) is 3. The summed E-state index contributed by atoms with van der Waals surface area (Å²) in [6, 6.07) is 15.5. The Bertz CT molecular complexity index is 657. The summed E-state index contributed by atoms with van der Waals surface area (Å²) in [5, 5.41) is 0. The van der Waals surface area contributed by atoms with Crippen molar-refractivity contribution in [3.8, 4) is 35.6 Å². The number of rotatable bonds is 4. The summed E-state index contributed by atoms with van der Waals surface area (Å²) in [6.07, 6.45) is 6.41. The fraction of sp³-hybridized carbons (Fsp3) is 0.200. The van der Waals surface area contributed by atoms with E-state index < -0.39 is 0 Å². The Morgan fingerprint density at radius 2 is 1.04 bits per heavy atom. The zero-order valence-corrected chi connectivity index (χ0v) is 13.3. The second kappa shape index (κ2) is 9.07. The summed E-state index contributed by atoms with van der Waals surface area (Å²) in [5.41, 5.74) is 2.21. The molecule has 0 fully saturated rings. The zero-order valence-electron chi connectivity index (χ0n) is 13.3. The molecule has 2 aromatic carbocycles. The fourth-order valence-corrected chi connectivity index (χ4v) is 1.86. The maximum Gasteiger partial charge on any atom is 0.130 e. The van der Waals surface area contributed by atoms with Gasteiger partial charge in [0, 0.05) is 12.8 Å². The summed E-state index contributed by atoms with van der Waals surface area (Å²) in [6.45, 7) is 0. The average Bonchev–Trinajstić information content (AvgIpc) is 2.62. The fourth-order valence-electron chi connectivity index (χ4n) is 1.86. The molecule has 0 aromatic heterocycles. The topological polar surface area (TPSA) is 27.7 Å². The first-order valence-corrected chi connectivity index (χ1v) is 7.19. The normalized spacial score (nSPS) is 8.96. The van der Waals surface area contributed by atoms with Crippen LogP contribution in [0.1, 0.15) is 11.1 Å². The van der Waals surface area contributed by atoms with Crippen LogP contribution >= 0.6 is 0 Å². The molecule has 3 heteroatoms. The molecule has 2 aromatic rings. The lowest BCUT2D eigenvalue weighted by Crippen LogP contribution is -1.85. The minimum atomic E-state index is 0.615. The Morgan fingerprint density at radius 1 is 0.652 bits per heavy atom. The van der Waals surface area contributed by atoms with Gasteiger partial charge in [-0.25, -0.2) is 0 Å². The van der Waals surface area contributed by atoms with Crippen LogP contribution in [0.25, 0.3) is 0 Å². The van der Waals surface area contributed by atoms with E-state index in [-0.39, 0.29) is 0 Å². The Morgan fingerprint density at radius 3 is 1.39 bits per heavy atom. The standard InChI is InChI=1S/C20H18O3/c1-21-19-11-7-17(8-12-19)5-3-15-23-16-4-6-18-9-13-20(22-2)14-10-18/h7-14H,5-6H2,1-2H3. The van der Waals surface area contributed by atoms with E-state index >= 15 is 0 Å². The zero-order chi connectivity index (χ0) is 16.3. The molecule has 23 heavy (non-hydrogen) atoms. The van der Waals surface area contributed by atoms with Crippen LogP contribution in [0.2, 0.25) is 0 Å². The molecule has 0 saturated heterocycles. The molecular weight excluding hydrogens is 288 g/mol. The van der Waals surface area contributed by atoms with Crippen LogP contribution in [0.3, 0.4) is 0 Å². The molecule has 0 aliphatic rings. The van der Waals surface area contributed by atoms with Gasteiger partial charge in [-0.2, -0.15) is 0 Å². The third-order valence-electron chi connectivity index (χ3n) is 3.15. The molecule has 3 nitrogen and oxygen atoms in total. The summed E-state index contributed by atoms with van der Waals surface area (Å²) >= 11 is 0. The van der Waals surface area contributed by atoms with Crippen molar-refractivity contribution >= 4 is 0 Å². The van der Waals surface area contributed by atoms with Gasteiger partial charge in [-0.1, -0.05) is 36.1 Å². The molecule has 0 aliphatic carbocycles. The molecule has 0 amide bonds. The van der Waals surface area contributed by atoms with Gasteiger partial charge < -0.3 is 14.2 Å². The van der Waals surface area contributed by atoms with Crippen molar-refractivity contribution in [2.75, 3.05) is 14.2 Å². The van der Waals surface area contributed by atoms with Gasteiger partial charge in [0.1, 0.15) is 23.7 Å². The van der Waals surface area contributed by atoms with Gasteiger partial charge in [0.25, 0.3) is 0 Å². The van der Waals surface area contributed by atoms with E-state index in [2.05, 4.69) is 24.1 Å². The van der Waals surface area contributed by atoms with Gasteiger partial charge in [0.15, 0.2) is 0 Å². The third kappa shape index (κ3) is 5.69. The van der Waals surface area contributed by atoms with E-state index in [4.69, 9.17) is 14.2 Å². The van der Waals surface area contributed by atoms with E-state index in [1.165, 1.54) is 0 Å². The number of hydrogen-bond donors (Lipinski definition) is 0. The number of benzene rings is 2. The third-order valence-corrected chi connectivity index (χ3v) is 3.15. The predicted octanol–water partition coefficient (Wildman–Crippen LogP) is 3.43. The highest BCUT2D eigenvalue weighted by molar-refractivity contribution is 5.30. The lowest BCUT2D eigenvalue weighted by molar-refractivity contribution is 0.414.